The summed E-state index contributed by atoms with van der Waals surface area (Å²) in [6.45, 7) is 6.32. The molecule has 0 bridgehead atoms. The van der Waals surface area contributed by atoms with Gasteiger partial charge in [0.15, 0.2) is 11.5 Å². The minimum atomic E-state index is -0.829. The minimum absolute atomic E-state index is 0.201. The third-order valence-corrected chi connectivity index (χ3v) is 7.29. The molecule has 0 aromatic heterocycles. The molecule has 2 amide bonds. The number of hydrogen-bond acceptors (Lipinski definition) is 5. The zero-order chi connectivity index (χ0) is 28.5. The molecule has 2 N–H and O–H groups in total. The van der Waals surface area contributed by atoms with Crippen molar-refractivity contribution in [1.29, 1.82) is 0 Å². The highest BCUT2D eigenvalue weighted by Crippen LogP contribution is 2.37. The van der Waals surface area contributed by atoms with Gasteiger partial charge in [0.1, 0.15) is 12.6 Å². The van der Waals surface area contributed by atoms with E-state index in [0.29, 0.717) is 45.3 Å². The van der Waals surface area contributed by atoms with Crippen LogP contribution in [-0.2, 0) is 11.4 Å². The largest absolute Gasteiger partial charge is 0.490 e. The van der Waals surface area contributed by atoms with Crippen LogP contribution in [0.5, 0.6) is 11.5 Å². The van der Waals surface area contributed by atoms with Crippen LogP contribution >= 0.6 is 55.1 Å². The molecule has 39 heavy (non-hydrogen) atoms. The number of carbonyl (C=O) groups is 2. The second-order valence-corrected chi connectivity index (χ2v) is 11.3. The first-order chi connectivity index (χ1) is 18.6. The number of carbonyl (C=O) groups excluding carboxylic acids is 2. The van der Waals surface area contributed by atoms with Crippen molar-refractivity contribution in [1.82, 2.24) is 10.7 Å². The highest BCUT2D eigenvalue weighted by Gasteiger charge is 2.25. The number of benzene rings is 3. The Kier molecular flexibility index (Phi) is 11.7. The number of nitrogens with one attached hydrogen (secondary N) is 2. The lowest BCUT2D eigenvalue weighted by Crippen LogP contribution is -2.48. The maximum absolute atomic E-state index is 12.9. The highest BCUT2D eigenvalue weighted by atomic mass is 79.9. The summed E-state index contributed by atoms with van der Waals surface area (Å²) in [4.78, 5) is 25.5. The second-order valence-electron chi connectivity index (χ2n) is 8.74. The maximum Gasteiger partial charge on any atom is 0.262 e. The summed E-state index contributed by atoms with van der Waals surface area (Å²) in [5.41, 5.74) is 4.47. The molecule has 3 aromatic rings. The molecule has 3 rings (SSSR count). The second kappa shape index (κ2) is 14.7. The summed E-state index contributed by atoms with van der Waals surface area (Å²) in [5.74, 6) is -0.0204. The molecule has 11 heteroatoms. The van der Waals surface area contributed by atoms with Crippen molar-refractivity contribution in [3.8, 4) is 11.5 Å². The fraction of sp³-hybridized carbons (Fsp3) is 0.250. The van der Waals surface area contributed by atoms with E-state index in [9.17, 15) is 9.59 Å². The highest BCUT2D eigenvalue weighted by molar-refractivity contribution is 9.10. The monoisotopic (exact) mass is 697 g/mol. The molecule has 0 spiro atoms. The Balaban J connectivity index is 1.68. The first kappa shape index (κ1) is 30.9. The van der Waals surface area contributed by atoms with E-state index < -0.39 is 17.9 Å². The third-order valence-electron chi connectivity index (χ3n) is 5.43. The Morgan fingerprint density at radius 2 is 1.72 bits per heavy atom. The van der Waals surface area contributed by atoms with Gasteiger partial charge in [-0.25, -0.2) is 5.43 Å². The van der Waals surface area contributed by atoms with Crippen molar-refractivity contribution in [2.45, 2.75) is 33.4 Å². The van der Waals surface area contributed by atoms with E-state index in [-0.39, 0.29) is 10.9 Å². The lowest BCUT2D eigenvalue weighted by Gasteiger charge is -2.20. The van der Waals surface area contributed by atoms with E-state index in [1.165, 1.54) is 24.4 Å². The number of nitrogens with zero attached hydrogens (tertiary/aromatic N) is 1. The smallest absolute Gasteiger partial charge is 0.262 e. The predicted molar refractivity (Wildman–Crippen MR) is 162 cm³/mol. The van der Waals surface area contributed by atoms with Crippen molar-refractivity contribution in [2.24, 2.45) is 11.0 Å². The topological polar surface area (TPSA) is 89.0 Å². The Morgan fingerprint density at radius 3 is 2.36 bits per heavy atom. The molecule has 0 aliphatic rings. The molecule has 0 aliphatic heterocycles. The van der Waals surface area contributed by atoms with E-state index in [4.69, 9.17) is 32.7 Å². The Hall–Kier alpha value is -2.59. The van der Waals surface area contributed by atoms with Crippen molar-refractivity contribution >= 4 is 73.1 Å². The molecule has 0 fully saturated rings. The van der Waals surface area contributed by atoms with Crippen LogP contribution in [-0.4, -0.2) is 30.7 Å². The van der Waals surface area contributed by atoms with E-state index in [1.54, 1.807) is 12.1 Å². The van der Waals surface area contributed by atoms with Crippen LogP contribution in [0.1, 0.15) is 42.3 Å². The van der Waals surface area contributed by atoms with Gasteiger partial charge in [-0.15, -0.1) is 0 Å². The van der Waals surface area contributed by atoms with Gasteiger partial charge in [0.2, 0.25) is 0 Å². The first-order valence-corrected chi connectivity index (χ1v) is 14.4. The zero-order valence-electron chi connectivity index (χ0n) is 21.4. The quantitative estimate of drug-likeness (QED) is 0.161. The lowest BCUT2D eigenvalue weighted by molar-refractivity contribution is -0.123. The SMILES string of the molecule is CCOc1cc(C=NNC(=O)C(NC(=O)c2ccc(Cl)c(Cl)c2)C(C)C)cc(Br)c1OCc1ccc(Br)cc1. The summed E-state index contributed by atoms with van der Waals surface area (Å²) in [6.07, 6.45) is 1.49. The van der Waals surface area contributed by atoms with Crippen LogP contribution < -0.4 is 20.2 Å². The van der Waals surface area contributed by atoms with Crippen LogP contribution in [0.15, 0.2) is 68.6 Å². The molecule has 0 radical (unpaired) electrons. The Labute approximate surface area is 254 Å². The van der Waals surface area contributed by atoms with E-state index in [1.807, 2.05) is 45.0 Å². The summed E-state index contributed by atoms with van der Waals surface area (Å²) in [6, 6.07) is 15.1. The van der Waals surface area contributed by atoms with Crippen LogP contribution in [0, 0.1) is 5.92 Å². The third kappa shape index (κ3) is 8.96. The number of amides is 2. The summed E-state index contributed by atoms with van der Waals surface area (Å²) in [5, 5.41) is 7.40. The van der Waals surface area contributed by atoms with E-state index >= 15 is 0 Å². The number of rotatable bonds is 11. The van der Waals surface area contributed by atoms with Crippen molar-refractivity contribution in [3.63, 3.8) is 0 Å². The van der Waals surface area contributed by atoms with E-state index in [2.05, 4.69) is 47.7 Å². The fourth-order valence-electron chi connectivity index (χ4n) is 3.44. The average Bonchev–Trinajstić information content (AvgIpc) is 2.89. The molecule has 206 valence electrons. The van der Waals surface area contributed by atoms with Gasteiger partial charge in [0.25, 0.3) is 11.8 Å². The molecule has 0 aliphatic carbocycles. The molecule has 0 saturated heterocycles. The minimum Gasteiger partial charge on any atom is -0.490 e. The van der Waals surface area contributed by atoms with Gasteiger partial charge in [-0.3, -0.25) is 9.59 Å². The van der Waals surface area contributed by atoms with Gasteiger partial charge in [-0.1, -0.05) is 65.1 Å². The van der Waals surface area contributed by atoms with Crippen molar-refractivity contribution in [3.05, 3.63) is 90.3 Å². The van der Waals surface area contributed by atoms with E-state index in [0.717, 1.165) is 10.0 Å². The molecule has 1 unspecified atom stereocenters. The molecular formula is C28H27Br2Cl2N3O4. The molecule has 7 nitrogen and oxygen atoms in total. The molecule has 0 heterocycles. The van der Waals surface area contributed by atoms with Crippen LogP contribution in [0.3, 0.4) is 0 Å². The lowest BCUT2D eigenvalue weighted by atomic mass is 10.0. The molecule has 0 saturated carbocycles. The number of ether oxygens (including phenoxy) is 2. The molecule has 3 aromatic carbocycles. The van der Waals surface area contributed by atoms with Gasteiger partial charge in [0, 0.05) is 10.0 Å². The zero-order valence-corrected chi connectivity index (χ0v) is 26.1. The van der Waals surface area contributed by atoms with Crippen LogP contribution in [0.25, 0.3) is 0 Å². The molecule has 1 atom stereocenters. The predicted octanol–water partition coefficient (Wildman–Crippen LogP) is 7.40. The van der Waals surface area contributed by atoms with Crippen LogP contribution in [0.4, 0.5) is 0 Å². The van der Waals surface area contributed by atoms with Gasteiger partial charge in [-0.2, -0.15) is 5.10 Å². The maximum atomic E-state index is 12.9. The Morgan fingerprint density at radius 1 is 1.00 bits per heavy atom. The van der Waals surface area contributed by atoms with Crippen LogP contribution in [0.2, 0.25) is 10.0 Å². The normalized spacial score (nSPS) is 11.9. The number of hydrazone groups is 1. The number of hydrogen-bond donors (Lipinski definition) is 2. The number of halogens is 4. The van der Waals surface area contributed by atoms with Crippen molar-refractivity contribution < 1.29 is 19.1 Å². The standard InChI is InChI=1S/C28H27Br2Cl2N3O4/c1-4-38-24-12-18(11-21(30)26(24)39-15-17-5-8-20(29)9-6-17)14-33-35-28(37)25(16(2)3)34-27(36)19-7-10-22(31)23(32)13-19/h5-14,16,25H,4,15H2,1-3H3,(H,34,36)(H,35,37). The first-order valence-electron chi connectivity index (χ1n) is 12.0. The van der Waals surface area contributed by atoms with Gasteiger partial charge < -0.3 is 14.8 Å². The Bertz CT molecular complexity index is 1350. The fourth-order valence-corrected chi connectivity index (χ4v) is 4.58. The summed E-state index contributed by atoms with van der Waals surface area (Å²) < 4.78 is 13.5. The van der Waals surface area contributed by atoms with Gasteiger partial charge >= 0.3 is 0 Å². The van der Waals surface area contributed by atoms with Gasteiger partial charge in [0.05, 0.1) is 27.3 Å². The van der Waals surface area contributed by atoms with Crippen molar-refractivity contribution in [2.75, 3.05) is 6.61 Å². The van der Waals surface area contributed by atoms with Gasteiger partial charge in [-0.05, 0) is 82.4 Å². The summed E-state index contributed by atoms with van der Waals surface area (Å²) in [7, 11) is 0. The average molecular weight is 700 g/mol. The molecular weight excluding hydrogens is 673 g/mol. The summed E-state index contributed by atoms with van der Waals surface area (Å²) >= 11 is 18.9.